The van der Waals surface area contributed by atoms with Gasteiger partial charge in [0.2, 0.25) is 0 Å². The van der Waals surface area contributed by atoms with E-state index in [2.05, 4.69) is 21.1 Å². The summed E-state index contributed by atoms with van der Waals surface area (Å²) in [6.07, 6.45) is 3.67. The van der Waals surface area contributed by atoms with Crippen molar-refractivity contribution >= 4 is 11.3 Å². The summed E-state index contributed by atoms with van der Waals surface area (Å²) < 4.78 is 16.0. The first-order chi connectivity index (χ1) is 16.5. The Hall–Kier alpha value is -3.45. The average Bonchev–Trinajstić information content (AvgIpc) is 3.51. The normalized spacial score (nSPS) is 23.6. The highest BCUT2D eigenvalue weighted by atomic mass is 32.1. The van der Waals surface area contributed by atoms with Crippen molar-refractivity contribution in [3.8, 4) is 16.6 Å². The molecule has 0 saturated carbocycles. The molecular formula is C25H21FN6OS. The van der Waals surface area contributed by atoms with Crippen molar-refractivity contribution in [3.63, 3.8) is 0 Å². The van der Waals surface area contributed by atoms with Gasteiger partial charge in [0.05, 0.1) is 23.9 Å². The molecule has 0 spiro atoms. The van der Waals surface area contributed by atoms with E-state index in [-0.39, 0.29) is 24.4 Å². The Kier molecular flexibility index (Phi) is 4.85. The van der Waals surface area contributed by atoms with Gasteiger partial charge in [0.15, 0.2) is 0 Å². The van der Waals surface area contributed by atoms with Crippen LogP contribution in [0.5, 0.6) is 0 Å². The maximum atomic E-state index is 14.4. The number of hydrogen-bond donors (Lipinski definition) is 1. The fourth-order valence-electron chi connectivity index (χ4n) is 5.23. The largest absolute Gasteiger partial charge is 0.382 e. The third-order valence-electron chi connectivity index (χ3n) is 7.05. The fourth-order valence-corrected chi connectivity index (χ4v) is 6.33. The van der Waals surface area contributed by atoms with Crippen molar-refractivity contribution in [1.82, 2.24) is 24.6 Å². The minimum atomic E-state index is -1.26. The van der Waals surface area contributed by atoms with E-state index < -0.39 is 5.60 Å². The van der Waals surface area contributed by atoms with Gasteiger partial charge >= 0.3 is 0 Å². The van der Waals surface area contributed by atoms with E-state index in [1.54, 1.807) is 46.6 Å². The Morgan fingerprint density at radius 1 is 1.26 bits per heavy atom. The van der Waals surface area contributed by atoms with Crippen LogP contribution in [0.4, 0.5) is 4.39 Å². The second-order valence-corrected chi connectivity index (χ2v) is 9.98. The molecule has 3 atom stereocenters. The molecule has 4 heterocycles. The van der Waals surface area contributed by atoms with Crippen LogP contribution in [0, 0.1) is 17.1 Å². The van der Waals surface area contributed by atoms with Crippen molar-refractivity contribution in [3.05, 3.63) is 88.2 Å². The van der Waals surface area contributed by atoms with Gasteiger partial charge in [0.25, 0.3) is 0 Å². The molecule has 0 saturated heterocycles. The van der Waals surface area contributed by atoms with Crippen LogP contribution in [0.15, 0.2) is 55.1 Å². The van der Waals surface area contributed by atoms with E-state index in [0.29, 0.717) is 18.5 Å². The zero-order chi connectivity index (χ0) is 23.4. The van der Waals surface area contributed by atoms with Crippen LogP contribution >= 0.6 is 11.3 Å². The molecular weight excluding hydrogens is 451 g/mol. The Bertz CT molecular complexity index is 1410. The number of halogens is 1. The van der Waals surface area contributed by atoms with E-state index in [1.807, 2.05) is 19.1 Å². The Morgan fingerprint density at radius 2 is 2.09 bits per heavy atom. The van der Waals surface area contributed by atoms with Gasteiger partial charge in [0.1, 0.15) is 29.1 Å². The Labute approximate surface area is 199 Å². The standard InChI is InChI=1S/C25H21FN6OS/c1-15-25(33,12-31-14-28-13-29-31)20-7-6-18(26)8-19(20)22-9-21-23(11-32(15)22)34-24(30-21)17-4-2-16(10-27)3-5-17/h2-8,13-15,22,33H,9,11-12H2,1H3/t15-,22?,25-/m1/s1. The van der Waals surface area contributed by atoms with Crippen molar-refractivity contribution in [2.24, 2.45) is 0 Å². The molecule has 2 aliphatic rings. The zero-order valence-corrected chi connectivity index (χ0v) is 19.2. The molecule has 170 valence electrons. The molecule has 34 heavy (non-hydrogen) atoms. The monoisotopic (exact) mass is 472 g/mol. The highest BCUT2D eigenvalue weighted by molar-refractivity contribution is 7.15. The van der Waals surface area contributed by atoms with Crippen molar-refractivity contribution in [2.75, 3.05) is 0 Å². The van der Waals surface area contributed by atoms with Gasteiger partial charge in [-0.3, -0.25) is 4.90 Å². The van der Waals surface area contributed by atoms with E-state index >= 15 is 0 Å². The Morgan fingerprint density at radius 3 is 2.82 bits per heavy atom. The quantitative estimate of drug-likeness (QED) is 0.488. The lowest BCUT2D eigenvalue weighted by molar-refractivity contribution is -0.0949. The van der Waals surface area contributed by atoms with Crippen LogP contribution in [-0.4, -0.2) is 35.8 Å². The topological polar surface area (TPSA) is 90.9 Å². The highest BCUT2D eigenvalue weighted by Gasteiger charge is 2.50. The third-order valence-corrected chi connectivity index (χ3v) is 8.18. The van der Waals surface area contributed by atoms with E-state index in [9.17, 15) is 9.50 Å². The molecule has 1 unspecified atom stereocenters. The fraction of sp³-hybridized carbons (Fsp3) is 0.280. The maximum Gasteiger partial charge on any atom is 0.137 e. The van der Waals surface area contributed by atoms with Gasteiger partial charge in [0, 0.05) is 35.5 Å². The molecule has 2 aromatic carbocycles. The van der Waals surface area contributed by atoms with E-state index in [4.69, 9.17) is 10.2 Å². The first-order valence-electron chi connectivity index (χ1n) is 11.1. The van der Waals surface area contributed by atoms with Gasteiger partial charge in [-0.1, -0.05) is 18.2 Å². The van der Waals surface area contributed by atoms with Crippen molar-refractivity contribution < 1.29 is 9.50 Å². The Balaban J connectivity index is 1.41. The number of aliphatic hydroxyl groups is 1. The van der Waals surface area contributed by atoms with E-state index in [0.717, 1.165) is 32.3 Å². The molecule has 1 N–H and O–H groups in total. The van der Waals surface area contributed by atoms with Gasteiger partial charge < -0.3 is 5.11 Å². The van der Waals surface area contributed by atoms with Gasteiger partial charge in [-0.15, -0.1) is 11.3 Å². The van der Waals surface area contributed by atoms with Crippen LogP contribution in [0.2, 0.25) is 0 Å². The lowest BCUT2D eigenvalue weighted by Gasteiger charge is -2.51. The summed E-state index contributed by atoms with van der Waals surface area (Å²) >= 11 is 1.63. The molecule has 4 aromatic rings. The van der Waals surface area contributed by atoms with Crippen LogP contribution in [0.25, 0.3) is 10.6 Å². The predicted molar refractivity (Wildman–Crippen MR) is 124 cm³/mol. The molecule has 0 radical (unpaired) electrons. The van der Waals surface area contributed by atoms with E-state index in [1.165, 1.54) is 12.4 Å². The summed E-state index contributed by atoms with van der Waals surface area (Å²) in [4.78, 5) is 12.3. The van der Waals surface area contributed by atoms with Crippen LogP contribution in [0.3, 0.4) is 0 Å². The molecule has 0 bridgehead atoms. The van der Waals surface area contributed by atoms with Crippen LogP contribution in [0.1, 0.15) is 40.2 Å². The molecule has 9 heteroatoms. The summed E-state index contributed by atoms with van der Waals surface area (Å²) in [7, 11) is 0. The third kappa shape index (κ3) is 3.26. The second-order valence-electron chi connectivity index (χ2n) is 8.90. The number of nitrogens with zero attached hydrogens (tertiary/aromatic N) is 6. The first kappa shape index (κ1) is 21.1. The minimum Gasteiger partial charge on any atom is -0.382 e. The molecule has 0 aliphatic carbocycles. The van der Waals surface area contributed by atoms with Crippen LogP contribution < -0.4 is 0 Å². The molecule has 2 aliphatic heterocycles. The first-order valence-corrected chi connectivity index (χ1v) is 11.9. The summed E-state index contributed by atoms with van der Waals surface area (Å²) in [5.41, 5.74) is 2.85. The summed E-state index contributed by atoms with van der Waals surface area (Å²) in [5, 5.41) is 26.2. The number of rotatable bonds is 3. The number of benzene rings is 2. The number of aromatic nitrogens is 4. The summed E-state index contributed by atoms with van der Waals surface area (Å²) in [5.74, 6) is -0.321. The lowest BCUT2D eigenvalue weighted by Crippen LogP contribution is -2.57. The number of fused-ring (bicyclic) bond motifs is 4. The number of hydrogen-bond acceptors (Lipinski definition) is 7. The number of nitriles is 1. The predicted octanol–water partition coefficient (Wildman–Crippen LogP) is 3.80. The molecule has 0 amide bonds. The van der Waals surface area contributed by atoms with Gasteiger partial charge in [-0.2, -0.15) is 10.4 Å². The van der Waals surface area contributed by atoms with Gasteiger partial charge in [-0.25, -0.2) is 19.0 Å². The van der Waals surface area contributed by atoms with Crippen molar-refractivity contribution in [2.45, 2.75) is 44.1 Å². The molecule has 7 nitrogen and oxygen atoms in total. The molecule has 0 fully saturated rings. The van der Waals surface area contributed by atoms with Crippen LogP contribution in [-0.2, 0) is 25.1 Å². The van der Waals surface area contributed by atoms with Gasteiger partial charge in [-0.05, 0) is 42.3 Å². The smallest absolute Gasteiger partial charge is 0.137 e. The molecule has 6 rings (SSSR count). The summed E-state index contributed by atoms with van der Waals surface area (Å²) in [6.45, 7) is 2.86. The minimum absolute atomic E-state index is 0.0832. The maximum absolute atomic E-state index is 14.4. The van der Waals surface area contributed by atoms with Crippen molar-refractivity contribution in [1.29, 1.82) is 5.26 Å². The highest BCUT2D eigenvalue weighted by Crippen LogP contribution is 2.49. The summed E-state index contributed by atoms with van der Waals surface area (Å²) in [6, 6.07) is 13.9. The SMILES string of the molecule is C[C@H]1N2Cc3sc(-c4ccc(C#N)cc4)nc3CC2c2cc(F)ccc2[C@@]1(O)Cn1cncn1. The average molecular weight is 473 g/mol. The zero-order valence-electron chi connectivity index (χ0n) is 18.4. The number of thiazole rings is 1. The lowest BCUT2D eigenvalue weighted by atomic mass is 9.74. The second kappa shape index (κ2) is 7.81. The molecule has 2 aromatic heterocycles.